The van der Waals surface area contributed by atoms with E-state index in [9.17, 15) is 19.8 Å². The summed E-state index contributed by atoms with van der Waals surface area (Å²) >= 11 is 0. The summed E-state index contributed by atoms with van der Waals surface area (Å²) in [5.74, 6) is -2.55. The fraction of sp³-hybridized carbons (Fsp3) is 0.765. The van der Waals surface area contributed by atoms with Gasteiger partial charge in [-0.1, -0.05) is 25.1 Å². The number of hydrogen-bond acceptors (Lipinski definition) is 11. The van der Waals surface area contributed by atoms with Gasteiger partial charge in [-0.15, -0.1) is 0 Å². The van der Waals surface area contributed by atoms with E-state index in [1.165, 1.54) is 6.92 Å². The van der Waals surface area contributed by atoms with E-state index in [1.54, 1.807) is 52.7 Å². The van der Waals surface area contributed by atoms with Gasteiger partial charge in [0.15, 0.2) is 0 Å². The molecule has 1 aromatic rings. The number of methoxy groups -OCH3 is 4. The van der Waals surface area contributed by atoms with Crippen LogP contribution in [0.15, 0.2) is 30.3 Å². The quantitative estimate of drug-likeness (QED) is 0.387. The predicted octanol–water partition coefficient (Wildman–Crippen LogP) is 1.68. The van der Waals surface area contributed by atoms with E-state index in [4.69, 9.17) is 28.4 Å². The van der Waals surface area contributed by atoms with Crippen molar-refractivity contribution in [2.24, 2.45) is 34.5 Å². The van der Waals surface area contributed by atoms with E-state index in [2.05, 4.69) is 11.8 Å². The van der Waals surface area contributed by atoms with Crippen molar-refractivity contribution in [1.82, 2.24) is 4.90 Å². The van der Waals surface area contributed by atoms with Crippen LogP contribution in [0, 0.1) is 34.5 Å². The molecule has 14 atom stereocenters. The smallest absolute Gasteiger partial charge is 0.338 e. The standard InChI is InChI=1S/C34H47NO10/c1-7-35-16-31(17-40-3)21(37)13-22(41-4)34-20-14-32(39)23(42-5)15-33(45-18(2)36,25(28(34)35)26(43-6)27(31)34)24(20)29(32)44-30(38)19-11-9-8-10-12-19/h8-12,20-29,37,39H,7,13-17H2,1-6H3/t20-,21?,22+,23+,24?,25?,26+,27-,28?,29+,31+,32-,33-,34?/m1/s1. The first-order valence-electron chi connectivity index (χ1n) is 16.2. The summed E-state index contributed by atoms with van der Waals surface area (Å²) in [7, 11) is 6.58. The number of rotatable bonds is 9. The maximum Gasteiger partial charge on any atom is 0.338 e. The minimum atomic E-state index is -1.55. The Labute approximate surface area is 264 Å². The molecule has 11 heteroatoms. The van der Waals surface area contributed by atoms with Gasteiger partial charge in [-0.2, -0.15) is 0 Å². The minimum Gasteiger partial charge on any atom is -0.458 e. The second kappa shape index (κ2) is 10.7. The Morgan fingerprint density at radius 2 is 1.71 bits per heavy atom. The van der Waals surface area contributed by atoms with Crippen LogP contribution in [0.25, 0.3) is 0 Å². The highest BCUT2D eigenvalue weighted by Gasteiger charge is 2.90. The molecule has 0 aromatic heterocycles. The molecule has 11 nitrogen and oxygen atoms in total. The van der Waals surface area contributed by atoms with Gasteiger partial charge in [-0.3, -0.25) is 9.69 Å². The van der Waals surface area contributed by atoms with Crippen LogP contribution in [0.1, 0.15) is 43.5 Å². The highest BCUT2D eigenvalue weighted by atomic mass is 16.6. The number of nitrogens with zero attached hydrogens (tertiary/aromatic N) is 1. The monoisotopic (exact) mass is 629 g/mol. The summed E-state index contributed by atoms with van der Waals surface area (Å²) in [4.78, 5) is 29.3. The van der Waals surface area contributed by atoms with Crippen LogP contribution in [-0.4, -0.2) is 123 Å². The van der Waals surface area contributed by atoms with Crippen molar-refractivity contribution in [1.29, 1.82) is 0 Å². The van der Waals surface area contributed by atoms with Gasteiger partial charge < -0.3 is 38.6 Å². The topological polar surface area (TPSA) is 133 Å². The van der Waals surface area contributed by atoms with Gasteiger partial charge in [0.05, 0.1) is 36.6 Å². The van der Waals surface area contributed by atoms with E-state index >= 15 is 0 Å². The second-order valence-electron chi connectivity index (χ2n) is 14.4. The molecule has 1 heterocycles. The van der Waals surface area contributed by atoms with Crippen LogP contribution in [0.4, 0.5) is 0 Å². The number of piperidine rings is 1. The Balaban J connectivity index is 1.50. The normalized spacial score (nSPS) is 49.1. The van der Waals surface area contributed by atoms with Gasteiger partial charge in [0.1, 0.15) is 17.3 Å². The van der Waals surface area contributed by atoms with Crippen LogP contribution in [0.5, 0.6) is 0 Å². The number of carbonyl (C=O) groups is 2. The first kappa shape index (κ1) is 31.5. The average molecular weight is 630 g/mol. The van der Waals surface area contributed by atoms with Gasteiger partial charge in [0.2, 0.25) is 0 Å². The van der Waals surface area contributed by atoms with Crippen molar-refractivity contribution in [3.8, 4) is 0 Å². The Bertz CT molecular complexity index is 1330. The molecule has 6 fully saturated rings. The third-order valence-electron chi connectivity index (χ3n) is 13.1. The highest BCUT2D eigenvalue weighted by molar-refractivity contribution is 5.89. The molecule has 7 bridgehead atoms. The number of likely N-dealkylation sites (tertiary alicyclic amines) is 1. The zero-order valence-electron chi connectivity index (χ0n) is 27.0. The number of esters is 2. The van der Waals surface area contributed by atoms with Crippen molar-refractivity contribution < 1.29 is 48.2 Å². The lowest BCUT2D eigenvalue weighted by atomic mass is 9.42. The summed E-state index contributed by atoms with van der Waals surface area (Å²) < 4.78 is 37.9. The molecule has 1 saturated heterocycles. The Kier molecular flexibility index (Phi) is 7.48. The predicted molar refractivity (Wildman–Crippen MR) is 159 cm³/mol. The van der Waals surface area contributed by atoms with Gasteiger partial charge >= 0.3 is 11.9 Å². The number of carbonyl (C=O) groups excluding carboxylic acids is 2. The van der Waals surface area contributed by atoms with Crippen molar-refractivity contribution in [3.05, 3.63) is 35.9 Å². The summed E-state index contributed by atoms with van der Waals surface area (Å²) in [6.07, 6.45) is -2.55. The van der Waals surface area contributed by atoms with Gasteiger partial charge in [0.25, 0.3) is 0 Å². The number of aliphatic hydroxyl groups excluding tert-OH is 1. The Morgan fingerprint density at radius 1 is 1.00 bits per heavy atom. The SMILES string of the molecule is CCN1C[C@]2(COC)C(O)C[C@H](OC)C34C1C([C@H](OC)[C@@H]32)[C@@]1(OC(C)=O)C[C@H](OC)[C@]2(O)C[C@@H]4C1[C@@H]2OC(=O)c1ccccc1. The zero-order chi connectivity index (χ0) is 32.1. The molecule has 5 unspecified atom stereocenters. The third kappa shape index (κ3) is 3.72. The van der Waals surface area contributed by atoms with Gasteiger partial charge in [-0.25, -0.2) is 4.79 Å². The Hall–Kier alpha value is -2.12. The number of benzene rings is 1. The zero-order valence-corrected chi connectivity index (χ0v) is 27.0. The van der Waals surface area contributed by atoms with E-state index in [1.807, 2.05) is 6.07 Å². The molecule has 0 amide bonds. The first-order chi connectivity index (χ1) is 21.5. The van der Waals surface area contributed by atoms with E-state index in [-0.39, 0.29) is 30.7 Å². The first-order valence-corrected chi connectivity index (χ1v) is 16.2. The van der Waals surface area contributed by atoms with Crippen LogP contribution < -0.4 is 0 Å². The summed E-state index contributed by atoms with van der Waals surface area (Å²) in [5.41, 5.74) is -3.74. The summed E-state index contributed by atoms with van der Waals surface area (Å²) in [6, 6.07) is 8.56. The van der Waals surface area contributed by atoms with Crippen molar-refractivity contribution in [2.75, 3.05) is 48.1 Å². The van der Waals surface area contributed by atoms with Crippen LogP contribution >= 0.6 is 0 Å². The van der Waals surface area contributed by atoms with E-state index in [0.29, 0.717) is 31.7 Å². The molecule has 6 aliphatic rings. The molecular weight excluding hydrogens is 582 g/mol. The molecule has 248 valence electrons. The summed E-state index contributed by atoms with van der Waals surface area (Å²) in [6.45, 7) is 5.08. The van der Waals surface area contributed by atoms with Crippen molar-refractivity contribution >= 4 is 11.9 Å². The minimum absolute atomic E-state index is 0.163. The number of ether oxygens (including phenoxy) is 6. The van der Waals surface area contributed by atoms with E-state index in [0.717, 1.165) is 0 Å². The molecule has 0 radical (unpaired) electrons. The molecule has 1 aromatic carbocycles. The molecule has 1 aliphatic heterocycles. The molecular formula is C34H47NO10. The van der Waals surface area contributed by atoms with Crippen LogP contribution in [0.2, 0.25) is 0 Å². The van der Waals surface area contributed by atoms with Crippen molar-refractivity contribution in [2.45, 2.75) is 80.9 Å². The highest BCUT2D eigenvalue weighted by Crippen LogP contribution is 2.80. The largest absolute Gasteiger partial charge is 0.458 e. The van der Waals surface area contributed by atoms with Crippen LogP contribution in [-0.2, 0) is 33.2 Å². The molecule has 5 aliphatic carbocycles. The Morgan fingerprint density at radius 3 is 2.31 bits per heavy atom. The molecule has 1 spiro atoms. The lowest BCUT2D eigenvalue weighted by molar-refractivity contribution is -0.300. The number of fused-ring (bicyclic) bond motifs is 2. The molecule has 7 rings (SSSR count). The maximum absolute atomic E-state index is 13.7. The molecule has 5 saturated carbocycles. The summed E-state index contributed by atoms with van der Waals surface area (Å²) in [5, 5.41) is 24.8. The average Bonchev–Trinajstić information content (AvgIpc) is 3.40. The van der Waals surface area contributed by atoms with Gasteiger partial charge in [0, 0.05) is 89.4 Å². The fourth-order valence-electron chi connectivity index (χ4n) is 12.2. The second-order valence-corrected chi connectivity index (χ2v) is 14.4. The molecule has 2 N–H and O–H groups in total. The number of aliphatic hydroxyl groups is 2. The van der Waals surface area contributed by atoms with E-state index < -0.39 is 76.3 Å². The number of hydrogen-bond donors (Lipinski definition) is 2. The van der Waals surface area contributed by atoms with Gasteiger partial charge in [-0.05, 0) is 31.0 Å². The lowest BCUT2D eigenvalue weighted by Crippen LogP contribution is -2.79. The lowest BCUT2D eigenvalue weighted by Gasteiger charge is -2.70. The van der Waals surface area contributed by atoms with Crippen LogP contribution in [0.3, 0.4) is 0 Å². The maximum atomic E-state index is 13.7. The van der Waals surface area contributed by atoms with Crippen molar-refractivity contribution in [3.63, 3.8) is 0 Å². The third-order valence-corrected chi connectivity index (χ3v) is 13.1. The fourth-order valence-corrected chi connectivity index (χ4v) is 12.2. The molecule has 45 heavy (non-hydrogen) atoms.